The van der Waals surface area contributed by atoms with Crippen molar-refractivity contribution in [2.24, 2.45) is 5.92 Å². The summed E-state index contributed by atoms with van der Waals surface area (Å²) < 4.78 is 17.0. The zero-order valence-corrected chi connectivity index (χ0v) is 16.1. The van der Waals surface area contributed by atoms with Gasteiger partial charge >= 0.3 is 5.69 Å². The van der Waals surface area contributed by atoms with Crippen LogP contribution in [0.25, 0.3) is 10.9 Å². The van der Waals surface area contributed by atoms with Crippen LogP contribution in [-0.2, 0) is 0 Å². The molecule has 1 saturated heterocycles. The summed E-state index contributed by atoms with van der Waals surface area (Å²) >= 11 is 6.62. The van der Waals surface area contributed by atoms with Gasteiger partial charge in [0.25, 0.3) is 5.56 Å². The first-order chi connectivity index (χ1) is 12.8. The lowest BCUT2D eigenvalue weighted by Crippen LogP contribution is -2.44. The van der Waals surface area contributed by atoms with E-state index in [4.69, 9.17) is 17.4 Å². The van der Waals surface area contributed by atoms with Crippen LogP contribution in [0.15, 0.2) is 15.7 Å². The maximum absolute atomic E-state index is 15.0. The number of benzene rings is 1. The molecule has 0 spiro atoms. The second-order valence-electron chi connectivity index (χ2n) is 7.55. The molecule has 0 amide bonds. The molecule has 27 heavy (non-hydrogen) atoms. The van der Waals surface area contributed by atoms with Gasteiger partial charge in [-0.2, -0.15) is 4.68 Å². The Morgan fingerprint density at radius 1 is 1.33 bits per heavy atom. The largest absolute Gasteiger partial charge is 0.368 e. The van der Waals surface area contributed by atoms with E-state index < -0.39 is 17.1 Å². The van der Waals surface area contributed by atoms with Crippen molar-refractivity contribution in [1.29, 1.82) is 0 Å². The Balaban J connectivity index is 1.91. The Morgan fingerprint density at radius 3 is 2.67 bits per heavy atom. The zero-order chi connectivity index (χ0) is 19.5. The molecule has 0 radical (unpaired) electrons. The van der Waals surface area contributed by atoms with Gasteiger partial charge in [0.2, 0.25) is 0 Å². The first-order valence-electron chi connectivity index (χ1n) is 9.21. The third kappa shape index (κ3) is 2.82. The fraction of sp³-hybridized carbons (Fsp3) is 0.556. The van der Waals surface area contributed by atoms with Gasteiger partial charge in [0, 0.05) is 25.2 Å². The summed E-state index contributed by atoms with van der Waals surface area (Å²) in [6.45, 7) is 3.42. The maximum Gasteiger partial charge on any atom is 0.350 e. The van der Waals surface area contributed by atoms with Crippen molar-refractivity contribution in [3.8, 4) is 0 Å². The molecule has 2 fully saturated rings. The van der Waals surface area contributed by atoms with Crippen LogP contribution in [0.3, 0.4) is 0 Å². The number of nitrogen functional groups attached to an aromatic ring is 1. The normalized spacial score (nSPS) is 21.2. The van der Waals surface area contributed by atoms with Gasteiger partial charge in [-0.25, -0.2) is 9.18 Å². The van der Waals surface area contributed by atoms with Gasteiger partial charge < -0.3 is 16.1 Å². The van der Waals surface area contributed by atoms with E-state index in [1.165, 1.54) is 4.57 Å². The SMILES string of the molecule is CN[C@@H](C)[C@@H]1CCN(c2c(F)cc3c(=O)n(N)c(=O)n(C4CC4)c3c2Cl)C1. The third-order valence-electron chi connectivity index (χ3n) is 5.89. The highest BCUT2D eigenvalue weighted by atomic mass is 35.5. The molecule has 9 heteroatoms. The number of halogens is 2. The minimum Gasteiger partial charge on any atom is -0.368 e. The van der Waals surface area contributed by atoms with Crippen LogP contribution in [0.1, 0.15) is 32.2 Å². The van der Waals surface area contributed by atoms with E-state index >= 15 is 0 Å². The van der Waals surface area contributed by atoms with Crippen molar-refractivity contribution in [2.45, 2.75) is 38.3 Å². The molecule has 2 aromatic rings. The number of hydrogen-bond acceptors (Lipinski definition) is 5. The van der Waals surface area contributed by atoms with Crippen molar-refractivity contribution in [3.63, 3.8) is 0 Å². The van der Waals surface area contributed by atoms with Crippen molar-refractivity contribution in [1.82, 2.24) is 14.6 Å². The summed E-state index contributed by atoms with van der Waals surface area (Å²) in [5.41, 5.74) is -0.796. The van der Waals surface area contributed by atoms with Crippen LogP contribution in [-0.4, -0.2) is 35.4 Å². The van der Waals surface area contributed by atoms with Crippen molar-refractivity contribution >= 4 is 28.2 Å². The predicted octanol–water partition coefficient (Wildman–Crippen LogP) is 1.44. The molecule has 0 bridgehead atoms. The van der Waals surface area contributed by atoms with E-state index in [2.05, 4.69) is 12.2 Å². The Hall–Kier alpha value is -2.06. The molecule has 0 unspecified atom stereocenters. The number of fused-ring (bicyclic) bond motifs is 1. The van der Waals surface area contributed by atoms with Gasteiger partial charge in [-0.15, -0.1) is 0 Å². The average Bonchev–Trinajstić information content (AvgIpc) is 3.37. The van der Waals surface area contributed by atoms with Crippen LogP contribution < -0.4 is 27.3 Å². The predicted molar refractivity (Wildman–Crippen MR) is 105 cm³/mol. The molecule has 1 aromatic carbocycles. The van der Waals surface area contributed by atoms with E-state index in [9.17, 15) is 14.0 Å². The molecule has 1 aromatic heterocycles. The van der Waals surface area contributed by atoms with E-state index in [0.717, 1.165) is 25.3 Å². The summed E-state index contributed by atoms with van der Waals surface area (Å²) in [5, 5.41) is 3.39. The minimum atomic E-state index is -0.734. The molecule has 2 atom stereocenters. The highest BCUT2D eigenvalue weighted by molar-refractivity contribution is 6.38. The lowest BCUT2D eigenvalue weighted by Gasteiger charge is -2.24. The lowest BCUT2D eigenvalue weighted by atomic mass is 10.0. The van der Waals surface area contributed by atoms with Crippen LogP contribution in [0.2, 0.25) is 5.02 Å². The van der Waals surface area contributed by atoms with Crippen molar-refractivity contribution < 1.29 is 4.39 Å². The van der Waals surface area contributed by atoms with E-state index in [1.807, 2.05) is 11.9 Å². The first-order valence-corrected chi connectivity index (χ1v) is 9.59. The number of aromatic nitrogens is 2. The van der Waals surface area contributed by atoms with Gasteiger partial charge in [-0.05, 0) is 45.2 Å². The summed E-state index contributed by atoms with van der Waals surface area (Å²) in [7, 11) is 1.91. The summed E-state index contributed by atoms with van der Waals surface area (Å²) in [6, 6.07) is 1.41. The summed E-state index contributed by atoms with van der Waals surface area (Å²) in [5.74, 6) is 5.43. The van der Waals surface area contributed by atoms with Gasteiger partial charge in [0.05, 0.1) is 21.6 Å². The highest BCUT2D eigenvalue weighted by Crippen LogP contribution is 2.41. The van der Waals surface area contributed by atoms with Gasteiger partial charge in [-0.3, -0.25) is 9.36 Å². The molecule has 4 rings (SSSR count). The molecule has 3 N–H and O–H groups in total. The molecule has 2 aliphatic rings. The standard InChI is InChI=1S/C18H23ClFN5O2/c1-9(22-2)10-5-6-23(8-10)16-13(20)7-12-15(14(16)19)24(11-3-4-11)18(27)25(21)17(12)26/h7,9-11,22H,3-6,8,21H2,1-2H3/t9-,10+/m0/s1. The van der Waals surface area contributed by atoms with Gasteiger partial charge in [0.15, 0.2) is 0 Å². The molecule has 2 heterocycles. The zero-order valence-electron chi connectivity index (χ0n) is 15.3. The molecular formula is C18H23ClFN5O2. The summed E-state index contributed by atoms with van der Waals surface area (Å²) in [6.07, 6.45) is 2.53. The molecule has 7 nitrogen and oxygen atoms in total. The fourth-order valence-electron chi connectivity index (χ4n) is 4.02. The van der Waals surface area contributed by atoms with E-state index in [0.29, 0.717) is 29.7 Å². The monoisotopic (exact) mass is 395 g/mol. The minimum absolute atomic E-state index is 0.0367. The third-order valence-corrected chi connectivity index (χ3v) is 6.24. The molecule has 1 aliphatic heterocycles. The second kappa shape index (κ2) is 6.53. The van der Waals surface area contributed by atoms with E-state index in [-0.39, 0.29) is 27.7 Å². The van der Waals surface area contributed by atoms with Gasteiger partial charge in [-0.1, -0.05) is 11.6 Å². The Morgan fingerprint density at radius 2 is 2.04 bits per heavy atom. The fourth-order valence-corrected chi connectivity index (χ4v) is 4.42. The Kier molecular flexibility index (Phi) is 4.43. The quantitative estimate of drug-likeness (QED) is 0.765. The molecule has 146 valence electrons. The number of anilines is 1. The number of nitrogens with zero attached hydrogens (tertiary/aromatic N) is 3. The average molecular weight is 396 g/mol. The molecular weight excluding hydrogens is 373 g/mol. The maximum atomic E-state index is 15.0. The van der Waals surface area contributed by atoms with Crippen molar-refractivity contribution in [2.75, 3.05) is 30.9 Å². The van der Waals surface area contributed by atoms with Crippen LogP contribution >= 0.6 is 11.6 Å². The van der Waals surface area contributed by atoms with E-state index in [1.54, 1.807) is 0 Å². The van der Waals surface area contributed by atoms with Crippen LogP contribution in [0, 0.1) is 11.7 Å². The number of nitrogens with two attached hydrogens (primary N) is 1. The molecule has 1 aliphatic carbocycles. The Labute approximate surface area is 160 Å². The van der Waals surface area contributed by atoms with Crippen molar-refractivity contribution in [3.05, 3.63) is 37.7 Å². The topological polar surface area (TPSA) is 85.3 Å². The first kappa shape index (κ1) is 18.3. The summed E-state index contributed by atoms with van der Waals surface area (Å²) in [4.78, 5) is 26.9. The Bertz CT molecular complexity index is 1030. The van der Waals surface area contributed by atoms with Gasteiger partial charge in [0.1, 0.15) is 5.82 Å². The lowest BCUT2D eigenvalue weighted by molar-refractivity contribution is 0.428. The van der Waals surface area contributed by atoms with Crippen LogP contribution in [0.4, 0.5) is 10.1 Å². The number of nitrogens with one attached hydrogen (secondary N) is 1. The smallest absolute Gasteiger partial charge is 0.350 e. The number of rotatable bonds is 4. The highest BCUT2D eigenvalue weighted by Gasteiger charge is 2.33. The second-order valence-corrected chi connectivity index (χ2v) is 7.93. The molecule has 1 saturated carbocycles. The van der Waals surface area contributed by atoms with Crippen LogP contribution in [0.5, 0.6) is 0 Å². The number of hydrogen-bond donors (Lipinski definition) is 2.